The number of halogens is 1. The zero-order valence-electron chi connectivity index (χ0n) is 13.1. The van der Waals surface area contributed by atoms with Crippen molar-refractivity contribution in [2.45, 2.75) is 59.2 Å². The van der Waals surface area contributed by atoms with Gasteiger partial charge in [0.2, 0.25) is 0 Å². The van der Waals surface area contributed by atoms with Gasteiger partial charge in [0.15, 0.2) is 0 Å². The summed E-state index contributed by atoms with van der Waals surface area (Å²) in [6, 6.07) is 7.35. The lowest BCUT2D eigenvalue weighted by atomic mass is 9.92. The molecule has 0 aromatic heterocycles. The largest absolute Gasteiger partial charge is 0.369 e. The molecule has 0 bridgehead atoms. The number of nitrogens with zero attached hydrogens (tertiary/aromatic N) is 1. The van der Waals surface area contributed by atoms with E-state index in [9.17, 15) is 0 Å². The highest BCUT2D eigenvalue weighted by molar-refractivity contribution is 6.31. The highest BCUT2D eigenvalue weighted by Crippen LogP contribution is 2.33. The van der Waals surface area contributed by atoms with Gasteiger partial charge in [-0.3, -0.25) is 0 Å². The summed E-state index contributed by atoms with van der Waals surface area (Å²) in [6.07, 6.45) is 2.54. The molecule has 2 unspecified atom stereocenters. The van der Waals surface area contributed by atoms with E-state index >= 15 is 0 Å². The van der Waals surface area contributed by atoms with Crippen LogP contribution in [0.4, 0.5) is 5.69 Å². The topological polar surface area (TPSA) is 15.3 Å². The first-order valence-corrected chi connectivity index (χ1v) is 8.14. The number of piperidine rings is 1. The number of anilines is 1. The maximum absolute atomic E-state index is 6.44. The third kappa shape index (κ3) is 3.67. The first kappa shape index (κ1) is 15.7. The fraction of sp³-hybridized carbons (Fsp3) is 0.647. The Hall–Kier alpha value is -0.730. The Balaban J connectivity index is 2.24. The summed E-state index contributed by atoms with van der Waals surface area (Å²) in [6.45, 7) is 11.0. The third-order valence-corrected chi connectivity index (χ3v) is 4.58. The van der Waals surface area contributed by atoms with Crippen LogP contribution in [0, 0.1) is 5.92 Å². The van der Waals surface area contributed by atoms with E-state index in [2.05, 4.69) is 50.0 Å². The molecule has 2 atom stereocenters. The number of nitrogens with one attached hydrogen (secondary N) is 1. The van der Waals surface area contributed by atoms with Crippen LogP contribution in [0.15, 0.2) is 18.2 Å². The highest BCUT2D eigenvalue weighted by Gasteiger charge is 2.25. The van der Waals surface area contributed by atoms with Crippen LogP contribution in [0.1, 0.15) is 46.1 Å². The summed E-state index contributed by atoms with van der Waals surface area (Å²) in [4.78, 5) is 2.53. The molecule has 1 saturated heterocycles. The predicted molar refractivity (Wildman–Crippen MR) is 88.6 cm³/mol. The van der Waals surface area contributed by atoms with Gasteiger partial charge in [-0.1, -0.05) is 38.4 Å². The van der Waals surface area contributed by atoms with Crippen LogP contribution in [0.25, 0.3) is 0 Å². The summed E-state index contributed by atoms with van der Waals surface area (Å²) in [5.74, 6) is 0.831. The van der Waals surface area contributed by atoms with Gasteiger partial charge in [-0.25, -0.2) is 0 Å². The maximum Gasteiger partial charge on any atom is 0.0471 e. The Morgan fingerprint density at radius 1 is 1.35 bits per heavy atom. The SMILES string of the molecule is CC1CCN(c2cccc(Cl)c2CNC(C)C)C(C)C1. The van der Waals surface area contributed by atoms with Crippen molar-refractivity contribution in [3.63, 3.8) is 0 Å². The molecule has 0 aliphatic carbocycles. The van der Waals surface area contributed by atoms with E-state index in [1.807, 2.05) is 6.07 Å². The first-order chi connectivity index (χ1) is 9.49. The zero-order valence-corrected chi connectivity index (χ0v) is 13.9. The molecule has 3 heteroatoms. The van der Waals surface area contributed by atoms with Crippen LogP contribution in [0.5, 0.6) is 0 Å². The average molecular weight is 295 g/mol. The molecule has 1 aliphatic heterocycles. The van der Waals surface area contributed by atoms with Crippen molar-refractivity contribution < 1.29 is 0 Å². The van der Waals surface area contributed by atoms with Gasteiger partial charge < -0.3 is 10.2 Å². The minimum Gasteiger partial charge on any atom is -0.369 e. The lowest BCUT2D eigenvalue weighted by molar-refractivity contribution is 0.377. The Bertz CT molecular complexity index is 445. The maximum atomic E-state index is 6.44. The van der Waals surface area contributed by atoms with Gasteiger partial charge in [0.05, 0.1) is 0 Å². The van der Waals surface area contributed by atoms with Gasteiger partial charge in [0.1, 0.15) is 0 Å². The number of hydrogen-bond donors (Lipinski definition) is 1. The molecule has 0 saturated carbocycles. The predicted octanol–water partition coefficient (Wildman–Crippen LogP) is 4.46. The Kier molecular flexibility index (Phi) is 5.34. The van der Waals surface area contributed by atoms with Crippen molar-refractivity contribution in [2.75, 3.05) is 11.4 Å². The normalized spacial score (nSPS) is 23.4. The van der Waals surface area contributed by atoms with Crippen LogP contribution in [-0.2, 0) is 6.54 Å². The average Bonchev–Trinajstić information content (AvgIpc) is 2.37. The first-order valence-electron chi connectivity index (χ1n) is 7.76. The molecule has 1 aliphatic rings. The molecule has 2 nitrogen and oxygen atoms in total. The van der Waals surface area contributed by atoms with Gasteiger partial charge in [-0.05, 0) is 37.8 Å². The minimum atomic E-state index is 0.470. The second-order valence-corrected chi connectivity index (χ2v) is 6.85. The molecule has 20 heavy (non-hydrogen) atoms. The molecule has 112 valence electrons. The van der Waals surface area contributed by atoms with Crippen LogP contribution in [0.2, 0.25) is 5.02 Å². The molecule has 0 spiro atoms. The zero-order chi connectivity index (χ0) is 14.7. The second-order valence-electron chi connectivity index (χ2n) is 6.45. The van der Waals surface area contributed by atoms with E-state index < -0.39 is 0 Å². The van der Waals surface area contributed by atoms with E-state index in [0.29, 0.717) is 12.1 Å². The fourth-order valence-corrected chi connectivity index (χ4v) is 3.30. The molecule has 0 radical (unpaired) electrons. The molecule has 0 amide bonds. The highest BCUT2D eigenvalue weighted by atomic mass is 35.5. The summed E-state index contributed by atoms with van der Waals surface area (Å²) < 4.78 is 0. The van der Waals surface area contributed by atoms with Crippen LogP contribution < -0.4 is 10.2 Å². The molecule has 1 aromatic carbocycles. The summed E-state index contributed by atoms with van der Waals surface area (Å²) in [7, 11) is 0. The van der Waals surface area contributed by atoms with Crippen molar-refractivity contribution in [3.8, 4) is 0 Å². The van der Waals surface area contributed by atoms with Crippen molar-refractivity contribution in [1.82, 2.24) is 5.32 Å². The molecule has 1 aromatic rings. The van der Waals surface area contributed by atoms with E-state index in [0.717, 1.165) is 24.0 Å². The standard InChI is InChI=1S/C17H27ClN2/c1-12(2)19-11-15-16(18)6-5-7-17(15)20-9-8-13(3)10-14(20)4/h5-7,12-14,19H,8-11H2,1-4H3. The molecule has 1 fully saturated rings. The lowest BCUT2D eigenvalue weighted by Gasteiger charge is -2.39. The van der Waals surface area contributed by atoms with Crippen molar-refractivity contribution in [3.05, 3.63) is 28.8 Å². The molecule has 1 heterocycles. The van der Waals surface area contributed by atoms with Crippen LogP contribution >= 0.6 is 11.6 Å². The van der Waals surface area contributed by atoms with Gasteiger partial charge in [-0.2, -0.15) is 0 Å². The lowest BCUT2D eigenvalue weighted by Crippen LogP contribution is -2.41. The summed E-state index contributed by atoms with van der Waals surface area (Å²) in [5, 5.41) is 4.37. The second kappa shape index (κ2) is 6.82. The number of rotatable bonds is 4. The van der Waals surface area contributed by atoms with Crippen molar-refractivity contribution in [1.29, 1.82) is 0 Å². The van der Waals surface area contributed by atoms with Crippen molar-refractivity contribution >= 4 is 17.3 Å². The Morgan fingerprint density at radius 2 is 2.10 bits per heavy atom. The smallest absolute Gasteiger partial charge is 0.0471 e. The summed E-state index contributed by atoms with van der Waals surface area (Å²) >= 11 is 6.44. The van der Waals surface area contributed by atoms with Gasteiger partial charge in [-0.15, -0.1) is 0 Å². The van der Waals surface area contributed by atoms with Crippen LogP contribution in [0.3, 0.4) is 0 Å². The Morgan fingerprint density at radius 3 is 2.75 bits per heavy atom. The third-order valence-electron chi connectivity index (χ3n) is 4.23. The minimum absolute atomic E-state index is 0.470. The Labute approximate surface area is 128 Å². The van der Waals surface area contributed by atoms with Crippen LogP contribution in [-0.4, -0.2) is 18.6 Å². The molecule has 2 rings (SSSR count). The van der Waals surface area contributed by atoms with E-state index in [-0.39, 0.29) is 0 Å². The van der Waals surface area contributed by atoms with E-state index in [1.54, 1.807) is 0 Å². The quantitative estimate of drug-likeness (QED) is 0.882. The number of hydrogen-bond acceptors (Lipinski definition) is 2. The summed E-state index contributed by atoms with van der Waals surface area (Å²) in [5.41, 5.74) is 2.55. The molecular formula is C17H27ClN2. The monoisotopic (exact) mass is 294 g/mol. The fourth-order valence-electron chi connectivity index (χ4n) is 3.06. The van der Waals surface area contributed by atoms with E-state index in [4.69, 9.17) is 11.6 Å². The molecule has 1 N–H and O–H groups in total. The van der Waals surface area contributed by atoms with Gasteiger partial charge >= 0.3 is 0 Å². The number of benzene rings is 1. The van der Waals surface area contributed by atoms with Gasteiger partial charge in [0, 0.05) is 41.4 Å². The molecular weight excluding hydrogens is 268 g/mol. The van der Waals surface area contributed by atoms with E-state index in [1.165, 1.54) is 24.1 Å². The van der Waals surface area contributed by atoms with Crippen molar-refractivity contribution in [2.24, 2.45) is 5.92 Å². The van der Waals surface area contributed by atoms with Gasteiger partial charge in [0.25, 0.3) is 0 Å².